The Morgan fingerprint density at radius 2 is 1.61 bits per heavy atom. The summed E-state index contributed by atoms with van der Waals surface area (Å²) < 4.78 is 11.5. The Morgan fingerprint density at radius 3 is 2.26 bits per heavy atom. The zero-order valence-electron chi connectivity index (χ0n) is 22.2. The molecule has 1 aliphatic heterocycles. The van der Waals surface area contributed by atoms with E-state index in [0.29, 0.717) is 30.0 Å². The lowest BCUT2D eigenvalue weighted by molar-refractivity contribution is -0.129. The van der Waals surface area contributed by atoms with E-state index in [4.69, 9.17) is 9.47 Å². The lowest BCUT2D eigenvalue weighted by Crippen LogP contribution is -2.36. The molecule has 1 amide bonds. The van der Waals surface area contributed by atoms with Gasteiger partial charge in [-0.15, -0.1) is 11.8 Å². The predicted octanol–water partition coefficient (Wildman–Crippen LogP) is 6.33. The lowest BCUT2D eigenvalue weighted by atomic mass is 9.84. The number of likely N-dealkylation sites (tertiary alicyclic amines) is 1. The number of hydrogen-bond donors (Lipinski definition) is 0. The molecule has 1 saturated heterocycles. The highest BCUT2D eigenvalue weighted by Crippen LogP contribution is 2.32. The summed E-state index contributed by atoms with van der Waals surface area (Å²) in [7, 11) is 0. The molecule has 1 heterocycles. The van der Waals surface area contributed by atoms with Gasteiger partial charge >= 0.3 is 6.09 Å². The third-order valence-corrected chi connectivity index (χ3v) is 7.72. The molecule has 3 aromatic rings. The van der Waals surface area contributed by atoms with Crippen LogP contribution in [0.2, 0.25) is 0 Å². The first-order valence-electron chi connectivity index (χ1n) is 12.7. The summed E-state index contributed by atoms with van der Waals surface area (Å²) in [6.45, 7) is 5.67. The first kappa shape index (κ1) is 27.5. The Hall–Kier alpha value is -3.58. The van der Waals surface area contributed by atoms with Gasteiger partial charge in [-0.1, -0.05) is 42.5 Å². The summed E-state index contributed by atoms with van der Waals surface area (Å²) in [5.74, 6) is 0.525. The summed E-state index contributed by atoms with van der Waals surface area (Å²) in [6.07, 6.45) is 2.11. The minimum absolute atomic E-state index is 0.0165. The fourth-order valence-corrected chi connectivity index (χ4v) is 4.96. The molecule has 2 unspecified atom stereocenters. The summed E-state index contributed by atoms with van der Waals surface area (Å²) >= 11 is 1.62. The molecule has 4 rings (SSSR count). The van der Waals surface area contributed by atoms with Crippen LogP contribution in [0.3, 0.4) is 0 Å². The van der Waals surface area contributed by atoms with Crippen molar-refractivity contribution in [1.82, 2.24) is 4.90 Å². The lowest BCUT2D eigenvalue weighted by Gasteiger charge is -2.24. The number of ketones is 2. The van der Waals surface area contributed by atoms with Crippen molar-refractivity contribution in [2.24, 2.45) is 11.8 Å². The van der Waals surface area contributed by atoms with Crippen LogP contribution in [0.15, 0.2) is 83.8 Å². The van der Waals surface area contributed by atoms with E-state index in [1.165, 1.54) is 6.92 Å². The van der Waals surface area contributed by atoms with Crippen molar-refractivity contribution in [3.05, 3.63) is 90.0 Å². The number of nitrogens with zero attached hydrogens (tertiary/aromatic N) is 1. The monoisotopic (exact) mass is 531 g/mol. The van der Waals surface area contributed by atoms with Gasteiger partial charge in [0.25, 0.3) is 0 Å². The van der Waals surface area contributed by atoms with Crippen molar-refractivity contribution >= 4 is 29.4 Å². The van der Waals surface area contributed by atoms with Crippen molar-refractivity contribution in [2.45, 2.75) is 37.7 Å². The fraction of sp³-hybridized carbons (Fsp3) is 0.323. The van der Waals surface area contributed by atoms with E-state index in [9.17, 15) is 14.4 Å². The highest BCUT2D eigenvalue weighted by molar-refractivity contribution is 7.98. The Balaban J connectivity index is 1.56. The number of para-hydroxylation sites is 1. The number of carbonyl (C=O) groups excluding carboxylic acids is 3. The Labute approximate surface area is 228 Å². The van der Waals surface area contributed by atoms with Crippen molar-refractivity contribution in [1.29, 1.82) is 0 Å². The van der Waals surface area contributed by atoms with Crippen LogP contribution < -0.4 is 9.47 Å². The van der Waals surface area contributed by atoms with E-state index in [0.717, 1.165) is 10.5 Å². The van der Waals surface area contributed by atoms with Gasteiger partial charge in [0.1, 0.15) is 11.5 Å². The Morgan fingerprint density at radius 1 is 0.921 bits per heavy atom. The average Bonchev–Trinajstić information content (AvgIpc) is 3.32. The summed E-state index contributed by atoms with van der Waals surface area (Å²) in [6, 6.07) is 24.1. The van der Waals surface area contributed by atoms with Crippen LogP contribution in [0.25, 0.3) is 0 Å². The van der Waals surface area contributed by atoms with Crippen LogP contribution in [-0.2, 0) is 11.2 Å². The molecule has 38 heavy (non-hydrogen) atoms. The largest absolute Gasteiger partial charge is 0.480 e. The third-order valence-electron chi connectivity index (χ3n) is 6.98. The summed E-state index contributed by atoms with van der Waals surface area (Å²) in [4.78, 5) is 41.3. The van der Waals surface area contributed by atoms with E-state index >= 15 is 0 Å². The number of rotatable bonds is 9. The number of carbonyl (C=O) groups is 3. The topological polar surface area (TPSA) is 72.9 Å². The highest BCUT2D eigenvalue weighted by atomic mass is 32.2. The third kappa shape index (κ3) is 6.64. The first-order chi connectivity index (χ1) is 18.2. The molecule has 2 atom stereocenters. The molecule has 7 heteroatoms. The van der Waals surface area contributed by atoms with Gasteiger partial charge in [-0.2, -0.15) is 0 Å². The second-order valence-electron chi connectivity index (χ2n) is 10.1. The fourth-order valence-electron chi connectivity index (χ4n) is 4.55. The number of hydrogen-bond acceptors (Lipinski definition) is 6. The molecule has 0 saturated carbocycles. The van der Waals surface area contributed by atoms with Crippen molar-refractivity contribution in [2.75, 3.05) is 19.3 Å². The van der Waals surface area contributed by atoms with Gasteiger partial charge in [0.2, 0.25) is 0 Å². The number of benzene rings is 3. The molecule has 0 bridgehead atoms. The summed E-state index contributed by atoms with van der Waals surface area (Å²) in [5, 5.41) is 0. The van der Waals surface area contributed by atoms with Crippen LogP contribution >= 0.6 is 11.8 Å². The molecule has 3 aromatic carbocycles. The maximum atomic E-state index is 13.7. The number of amides is 1. The van der Waals surface area contributed by atoms with Gasteiger partial charge in [-0.25, -0.2) is 4.79 Å². The second kappa shape index (κ2) is 11.9. The van der Waals surface area contributed by atoms with E-state index in [1.807, 2.05) is 73.0 Å². The maximum Gasteiger partial charge on any atom is 0.415 e. The first-order valence-corrected chi connectivity index (χ1v) is 13.9. The van der Waals surface area contributed by atoms with Crippen LogP contribution in [0.5, 0.6) is 11.5 Å². The average molecular weight is 532 g/mol. The van der Waals surface area contributed by atoms with Crippen molar-refractivity contribution in [3.8, 4) is 11.5 Å². The quantitative estimate of drug-likeness (QED) is 0.237. The molecule has 0 N–H and O–H groups in total. The number of thioether (sulfide) groups is 1. The summed E-state index contributed by atoms with van der Waals surface area (Å²) in [5.41, 5.74) is 0.669. The molecule has 0 aliphatic carbocycles. The normalized spacial score (nSPS) is 17.2. The number of ether oxygens (including phenoxy) is 2. The van der Waals surface area contributed by atoms with E-state index in [1.54, 1.807) is 42.6 Å². The SMILES string of the molecule is CSc1ccc(C(=O)C2CN(C(=O)Oc3ccccc3)CC2Cc2cccc(OC(C)(C)C(C)=O)c2)cc1. The molecule has 0 aromatic heterocycles. The number of Topliss-reactive ketones (excluding diaryl/α,β-unsaturated/α-hetero) is 2. The van der Waals surface area contributed by atoms with Gasteiger partial charge in [-0.3, -0.25) is 9.59 Å². The molecule has 198 valence electrons. The van der Waals surface area contributed by atoms with Crippen LogP contribution in [-0.4, -0.2) is 47.5 Å². The van der Waals surface area contributed by atoms with E-state index < -0.39 is 11.7 Å². The van der Waals surface area contributed by atoms with Crippen LogP contribution in [0, 0.1) is 11.8 Å². The Kier molecular flexibility index (Phi) is 8.57. The van der Waals surface area contributed by atoms with Gasteiger partial charge < -0.3 is 14.4 Å². The van der Waals surface area contributed by atoms with Crippen LogP contribution in [0.4, 0.5) is 4.79 Å². The molecular formula is C31H33NO5S. The van der Waals surface area contributed by atoms with E-state index in [-0.39, 0.29) is 29.9 Å². The molecule has 1 aliphatic rings. The molecule has 6 nitrogen and oxygen atoms in total. The van der Waals surface area contributed by atoms with Gasteiger partial charge in [0.15, 0.2) is 17.2 Å². The molecule has 1 fully saturated rings. The molecular weight excluding hydrogens is 498 g/mol. The smallest absolute Gasteiger partial charge is 0.415 e. The molecule has 0 radical (unpaired) electrons. The van der Waals surface area contributed by atoms with Crippen LogP contribution in [0.1, 0.15) is 36.7 Å². The predicted molar refractivity (Wildman–Crippen MR) is 149 cm³/mol. The second-order valence-corrected chi connectivity index (χ2v) is 10.9. The van der Waals surface area contributed by atoms with Gasteiger partial charge in [0.05, 0.1) is 0 Å². The van der Waals surface area contributed by atoms with Crippen molar-refractivity contribution < 1.29 is 23.9 Å². The van der Waals surface area contributed by atoms with E-state index in [2.05, 4.69) is 0 Å². The minimum atomic E-state index is -0.939. The highest BCUT2D eigenvalue weighted by Gasteiger charge is 2.40. The van der Waals surface area contributed by atoms with Crippen molar-refractivity contribution in [3.63, 3.8) is 0 Å². The Bertz CT molecular complexity index is 1290. The standard InChI is InChI=1S/C31H33NO5S/c1-21(33)31(2,3)37-26-12-8-9-22(18-26)17-24-19-32(30(35)36-25-10-6-5-7-11-25)20-28(24)29(34)23-13-15-27(38-4)16-14-23/h5-16,18,24,28H,17,19-20H2,1-4H3. The van der Waals surface area contributed by atoms with Gasteiger partial charge in [0, 0.05) is 29.5 Å². The van der Waals surface area contributed by atoms with Gasteiger partial charge in [-0.05, 0) is 81.3 Å². The maximum absolute atomic E-state index is 13.7. The zero-order valence-corrected chi connectivity index (χ0v) is 23.0. The minimum Gasteiger partial charge on any atom is -0.480 e. The zero-order chi connectivity index (χ0) is 27.3. The molecule has 0 spiro atoms.